The molecule has 9 heavy (non-hydrogen) atoms. The van der Waals surface area contributed by atoms with Gasteiger partial charge < -0.3 is 27.0 Å². The molecule has 0 fully saturated rings. The largest absolute Gasteiger partial charge is 0.481 e. The molecule has 0 rings (SSSR count). The van der Waals surface area contributed by atoms with Crippen LogP contribution in [0, 0.1) is 35.6 Å². The molecule has 1 radical (unpaired) electrons. The summed E-state index contributed by atoms with van der Waals surface area (Å²) in [6.07, 6.45) is 0. The minimum absolute atomic E-state index is 0. The monoisotopic (exact) mass is 271 g/mol. The number of aliphatic carboxylic acids is 1. The Balaban J connectivity index is -0.00000000450. The van der Waals surface area contributed by atoms with Crippen LogP contribution >= 0.6 is 0 Å². The number of carboxylic acid groups (broad SMARTS) is 1. The molecule has 0 aromatic carbocycles. The topological polar surface area (TPSA) is 163 Å². The van der Waals surface area contributed by atoms with Crippen molar-refractivity contribution in [2.24, 2.45) is 0 Å². The molecule has 7 heteroatoms. The van der Waals surface area contributed by atoms with Gasteiger partial charge in [-0.2, -0.15) is 0 Å². The van der Waals surface area contributed by atoms with Gasteiger partial charge in [0.25, 0.3) is 5.97 Å². The molecule has 6 nitrogen and oxygen atoms in total. The van der Waals surface area contributed by atoms with E-state index in [-0.39, 0.29) is 57.5 Å². The summed E-state index contributed by atoms with van der Waals surface area (Å²) in [4.78, 5) is 9.00. The van der Waals surface area contributed by atoms with E-state index in [2.05, 4.69) is 0 Å². The minimum atomic E-state index is -0.833. The summed E-state index contributed by atoms with van der Waals surface area (Å²) in [5.74, 6) is -0.833. The van der Waals surface area contributed by atoms with Crippen molar-refractivity contribution in [1.82, 2.24) is 0 Å². The van der Waals surface area contributed by atoms with Crippen molar-refractivity contribution in [3.8, 4) is 0 Å². The third kappa shape index (κ3) is 1410. The molecule has 0 aliphatic carbocycles. The van der Waals surface area contributed by atoms with Gasteiger partial charge in [0, 0.05) is 42.5 Å². The van der Waals surface area contributed by atoms with E-state index in [0.29, 0.717) is 0 Å². The Hall–Kier alpha value is 0.505. The van der Waals surface area contributed by atoms with E-state index in [0.717, 1.165) is 6.92 Å². The molecule has 0 heterocycles. The Bertz CT molecular complexity index is 34.0. The fourth-order valence-electron chi connectivity index (χ4n) is 0. The molecule has 0 aliphatic rings. The van der Waals surface area contributed by atoms with Crippen LogP contribution in [0.25, 0.3) is 0 Å². The zero-order valence-corrected chi connectivity index (χ0v) is 8.56. The van der Waals surface area contributed by atoms with E-state index in [1.807, 2.05) is 0 Å². The van der Waals surface area contributed by atoms with Crippen LogP contribution in [0.5, 0.6) is 0 Å². The summed E-state index contributed by atoms with van der Waals surface area (Å²) in [6, 6.07) is 0. The van der Waals surface area contributed by atoms with Crippen molar-refractivity contribution >= 4 is 5.97 Å². The minimum Gasteiger partial charge on any atom is -0.481 e. The molecule has 0 bridgehead atoms. The number of rotatable bonds is 0. The number of carbonyl (C=O) groups is 1. The van der Waals surface area contributed by atoms with Crippen molar-refractivity contribution in [1.29, 1.82) is 0 Å². The molecular formula is C2H12LaO6. The van der Waals surface area contributed by atoms with E-state index in [1.54, 1.807) is 0 Å². The SMILES string of the molecule is CC(=O)O.O.O.O.O.[La]. The second-order valence-electron chi connectivity index (χ2n) is 0.519. The molecule has 59 valence electrons. The van der Waals surface area contributed by atoms with Gasteiger partial charge in [-0.3, -0.25) is 4.79 Å². The van der Waals surface area contributed by atoms with Crippen LogP contribution in [0.1, 0.15) is 6.92 Å². The molecule has 0 atom stereocenters. The van der Waals surface area contributed by atoms with Gasteiger partial charge in [-0.1, -0.05) is 0 Å². The number of hydrogen-bond acceptors (Lipinski definition) is 1. The summed E-state index contributed by atoms with van der Waals surface area (Å²) < 4.78 is 0. The molecule has 0 aliphatic heterocycles. The maximum atomic E-state index is 9.00. The summed E-state index contributed by atoms with van der Waals surface area (Å²) in [5, 5.41) is 7.42. The first-order chi connectivity index (χ1) is 1.73. The van der Waals surface area contributed by atoms with Gasteiger partial charge in [0.2, 0.25) is 0 Å². The first-order valence-corrected chi connectivity index (χ1v) is 0.928. The fourth-order valence-corrected chi connectivity index (χ4v) is 0. The van der Waals surface area contributed by atoms with Crippen LogP contribution in [-0.4, -0.2) is 33.0 Å². The van der Waals surface area contributed by atoms with Gasteiger partial charge >= 0.3 is 0 Å². The Morgan fingerprint density at radius 3 is 1.11 bits per heavy atom. The van der Waals surface area contributed by atoms with Gasteiger partial charge in [-0.15, -0.1) is 0 Å². The van der Waals surface area contributed by atoms with Crippen LogP contribution in [0.4, 0.5) is 0 Å². The van der Waals surface area contributed by atoms with E-state index >= 15 is 0 Å². The Kier molecular flexibility index (Phi) is 243. The van der Waals surface area contributed by atoms with E-state index in [1.165, 1.54) is 0 Å². The van der Waals surface area contributed by atoms with Crippen LogP contribution < -0.4 is 0 Å². The fraction of sp³-hybridized carbons (Fsp3) is 0.500. The van der Waals surface area contributed by atoms with Crippen molar-refractivity contribution in [3.63, 3.8) is 0 Å². The van der Waals surface area contributed by atoms with Gasteiger partial charge in [0.15, 0.2) is 0 Å². The van der Waals surface area contributed by atoms with Crippen molar-refractivity contribution in [2.75, 3.05) is 0 Å². The van der Waals surface area contributed by atoms with Crippen LogP contribution in [0.15, 0.2) is 0 Å². The third-order valence-electron chi connectivity index (χ3n) is 0. The van der Waals surface area contributed by atoms with Crippen molar-refractivity contribution in [3.05, 3.63) is 0 Å². The second-order valence-corrected chi connectivity index (χ2v) is 0.519. The molecule has 0 saturated carbocycles. The van der Waals surface area contributed by atoms with Gasteiger partial charge in [0.1, 0.15) is 0 Å². The van der Waals surface area contributed by atoms with Crippen LogP contribution in [-0.2, 0) is 4.79 Å². The summed E-state index contributed by atoms with van der Waals surface area (Å²) in [5.41, 5.74) is 0. The third-order valence-corrected chi connectivity index (χ3v) is 0. The molecular weight excluding hydrogens is 259 g/mol. The zero-order chi connectivity index (χ0) is 3.58. The Morgan fingerprint density at radius 1 is 1.11 bits per heavy atom. The predicted molar refractivity (Wildman–Crippen MR) is 27.8 cm³/mol. The summed E-state index contributed by atoms with van der Waals surface area (Å²) >= 11 is 0. The molecule has 0 aromatic heterocycles. The zero-order valence-electron chi connectivity index (χ0n) is 4.93. The van der Waals surface area contributed by atoms with Crippen LogP contribution in [0.2, 0.25) is 0 Å². The van der Waals surface area contributed by atoms with Crippen molar-refractivity contribution in [2.45, 2.75) is 6.92 Å². The normalized spacial score (nSPS) is 2.78. The van der Waals surface area contributed by atoms with E-state index < -0.39 is 5.97 Å². The quantitative estimate of drug-likeness (QED) is 0.490. The predicted octanol–water partition coefficient (Wildman–Crippen LogP) is -3.21. The van der Waals surface area contributed by atoms with Crippen LogP contribution in [0.3, 0.4) is 0 Å². The molecule has 0 aromatic rings. The average Bonchev–Trinajstić information content (AvgIpc) is 0.811. The van der Waals surface area contributed by atoms with Gasteiger partial charge in [0.05, 0.1) is 0 Å². The van der Waals surface area contributed by atoms with Crippen molar-refractivity contribution < 1.29 is 67.4 Å². The smallest absolute Gasteiger partial charge is 0.300 e. The molecule has 0 amide bonds. The Labute approximate surface area is 80.1 Å². The van der Waals surface area contributed by atoms with E-state index in [9.17, 15) is 0 Å². The van der Waals surface area contributed by atoms with E-state index in [4.69, 9.17) is 9.90 Å². The maximum Gasteiger partial charge on any atom is 0.300 e. The maximum absolute atomic E-state index is 9.00. The summed E-state index contributed by atoms with van der Waals surface area (Å²) in [6.45, 7) is 1.08. The van der Waals surface area contributed by atoms with Gasteiger partial charge in [-0.25, -0.2) is 0 Å². The number of carboxylic acids is 1. The average molecular weight is 271 g/mol. The Morgan fingerprint density at radius 2 is 1.11 bits per heavy atom. The molecule has 0 spiro atoms. The standard InChI is InChI=1S/C2H4O2.La.4H2O/c1-2(3)4;;;;;/h1H3,(H,3,4);;4*1H2. The molecule has 0 unspecified atom stereocenters. The number of hydrogen-bond donors (Lipinski definition) is 1. The summed E-state index contributed by atoms with van der Waals surface area (Å²) in [7, 11) is 0. The molecule has 9 N–H and O–H groups in total. The molecule has 0 saturated heterocycles. The first kappa shape index (κ1) is 56.0. The van der Waals surface area contributed by atoms with Gasteiger partial charge in [-0.05, 0) is 0 Å². The first-order valence-electron chi connectivity index (χ1n) is 0.928. The second kappa shape index (κ2) is 39.0.